The molecule has 0 saturated heterocycles. The first-order chi connectivity index (χ1) is 13.4. The Hall–Kier alpha value is -3.02. The predicted molar refractivity (Wildman–Crippen MR) is 107 cm³/mol. The van der Waals surface area contributed by atoms with Gasteiger partial charge in [0, 0.05) is 5.54 Å². The standard InChI is InChI=1S/C22H27NO5/c1-4-22(2,3)23-20(24)16-28-21(25)18-12-8-9-13-19(18)27-15-14-26-17-10-6-5-7-11-17/h5-13H,4,14-16H2,1-3H3,(H,23,24). The van der Waals surface area contributed by atoms with Crippen molar-refractivity contribution in [2.75, 3.05) is 19.8 Å². The van der Waals surface area contributed by atoms with E-state index in [9.17, 15) is 9.59 Å². The van der Waals surface area contributed by atoms with Crippen LogP contribution in [0.3, 0.4) is 0 Å². The minimum atomic E-state index is -0.607. The highest BCUT2D eigenvalue weighted by Crippen LogP contribution is 2.19. The fourth-order valence-corrected chi connectivity index (χ4v) is 2.30. The van der Waals surface area contributed by atoms with Gasteiger partial charge in [-0.05, 0) is 44.5 Å². The highest BCUT2D eigenvalue weighted by atomic mass is 16.5. The molecular weight excluding hydrogens is 358 g/mol. The Balaban J connectivity index is 1.84. The molecule has 28 heavy (non-hydrogen) atoms. The fourth-order valence-electron chi connectivity index (χ4n) is 2.30. The van der Waals surface area contributed by atoms with Crippen LogP contribution in [0.25, 0.3) is 0 Å². The van der Waals surface area contributed by atoms with Crippen LogP contribution in [0, 0.1) is 0 Å². The number of amides is 1. The Labute approximate surface area is 165 Å². The van der Waals surface area contributed by atoms with E-state index in [2.05, 4.69) is 5.32 Å². The first kappa shape index (κ1) is 21.3. The molecule has 0 atom stereocenters. The van der Waals surface area contributed by atoms with Crippen molar-refractivity contribution in [3.05, 3.63) is 60.2 Å². The van der Waals surface area contributed by atoms with Crippen LogP contribution in [0.15, 0.2) is 54.6 Å². The third-order valence-corrected chi connectivity index (χ3v) is 4.16. The van der Waals surface area contributed by atoms with Gasteiger partial charge in [0.25, 0.3) is 5.91 Å². The molecule has 2 rings (SSSR count). The Morgan fingerprint density at radius 2 is 1.57 bits per heavy atom. The number of esters is 1. The van der Waals surface area contributed by atoms with Gasteiger partial charge in [0.1, 0.15) is 30.3 Å². The summed E-state index contributed by atoms with van der Waals surface area (Å²) >= 11 is 0. The first-order valence-corrected chi connectivity index (χ1v) is 9.29. The molecule has 0 spiro atoms. The van der Waals surface area contributed by atoms with E-state index in [-0.39, 0.29) is 30.2 Å². The lowest BCUT2D eigenvalue weighted by Crippen LogP contribution is -2.44. The summed E-state index contributed by atoms with van der Waals surface area (Å²) in [6.07, 6.45) is 0.772. The summed E-state index contributed by atoms with van der Waals surface area (Å²) in [6.45, 7) is 6.06. The normalized spacial score (nSPS) is 10.8. The minimum Gasteiger partial charge on any atom is -0.490 e. The minimum absolute atomic E-state index is 0.268. The average Bonchev–Trinajstić information content (AvgIpc) is 2.70. The second-order valence-corrected chi connectivity index (χ2v) is 6.87. The summed E-state index contributed by atoms with van der Waals surface area (Å²) in [4.78, 5) is 24.3. The van der Waals surface area contributed by atoms with Crippen molar-refractivity contribution in [1.82, 2.24) is 5.32 Å². The van der Waals surface area contributed by atoms with E-state index in [1.165, 1.54) is 0 Å². The van der Waals surface area contributed by atoms with Gasteiger partial charge in [0.2, 0.25) is 0 Å². The maximum atomic E-state index is 12.3. The molecule has 0 aliphatic heterocycles. The summed E-state index contributed by atoms with van der Waals surface area (Å²) < 4.78 is 16.4. The van der Waals surface area contributed by atoms with Gasteiger partial charge in [0.15, 0.2) is 6.61 Å². The Kier molecular flexibility index (Phi) is 7.87. The van der Waals surface area contributed by atoms with Crippen LogP contribution in [0.4, 0.5) is 0 Å². The molecule has 0 aliphatic carbocycles. The summed E-state index contributed by atoms with van der Waals surface area (Å²) in [5.41, 5.74) is -0.0757. The van der Waals surface area contributed by atoms with E-state index < -0.39 is 5.97 Å². The van der Waals surface area contributed by atoms with Crippen molar-refractivity contribution in [1.29, 1.82) is 0 Å². The van der Waals surface area contributed by atoms with Crippen LogP contribution >= 0.6 is 0 Å². The largest absolute Gasteiger partial charge is 0.490 e. The molecule has 150 valence electrons. The van der Waals surface area contributed by atoms with Crippen LogP contribution in [-0.2, 0) is 9.53 Å². The highest BCUT2D eigenvalue weighted by Gasteiger charge is 2.20. The predicted octanol–water partition coefficient (Wildman–Crippen LogP) is 3.61. The van der Waals surface area contributed by atoms with Gasteiger partial charge in [-0.15, -0.1) is 0 Å². The molecule has 0 radical (unpaired) electrons. The summed E-state index contributed by atoms with van der Waals surface area (Å²) in [6, 6.07) is 16.2. The molecule has 0 heterocycles. The Morgan fingerprint density at radius 3 is 2.29 bits per heavy atom. The molecule has 0 unspecified atom stereocenters. The Morgan fingerprint density at radius 1 is 0.929 bits per heavy atom. The quantitative estimate of drug-likeness (QED) is 0.500. The third-order valence-electron chi connectivity index (χ3n) is 4.16. The van der Waals surface area contributed by atoms with Gasteiger partial charge in [0.05, 0.1) is 0 Å². The zero-order valence-electron chi connectivity index (χ0n) is 16.6. The van der Waals surface area contributed by atoms with Crippen LogP contribution in [-0.4, -0.2) is 37.2 Å². The van der Waals surface area contributed by atoms with Crippen molar-refractivity contribution in [3.63, 3.8) is 0 Å². The van der Waals surface area contributed by atoms with E-state index >= 15 is 0 Å². The van der Waals surface area contributed by atoms with Crippen LogP contribution in [0.2, 0.25) is 0 Å². The van der Waals surface area contributed by atoms with Crippen molar-refractivity contribution < 1.29 is 23.8 Å². The van der Waals surface area contributed by atoms with E-state index in [0.717, 1.165) is 12.2 Å². The number of rotatable bonds is 10. The number of nitrogens with one attached hydrogen (secondary N) is 1. The summed E-state index contributed by atoms with van der Waals surface area (Å²) in [5, 5.41) is 2.82. The van der Waals surface area contributed by atoms with Gasteiger partial charge < -0.3 is 19.5 Å². The highest BCUT2D eigenvalue weighted by molar-refractivity contribution is 5.94. The van der Waals surface area contributed by atoms with E-state index in [0.29, 0.717) is 12.4 Å². The molecule has 0 fully saturated rings. The van der Waals surface area contributed by atoms with Gasteiger partial charge in [-0.3, -0.25) is 4.79 Å². The number of hydrogen-bond donors (Lipinski definition) is 1. The van der Waals surface area contributed by atoms with Gasteiger partial charge in [-0.2, -0.15) is 0 Å². The lowest BCUT2D eigenvalue weighted by atomic mass is 10.0. The topological polar surface area (TPSA) is 73.9 Å². The molecule has 0 aliphatic rings. The monoisotopic (exact) mass is 385 g/mol. The number of carbonyl (C=O) groups excluding carboxylic acids is 2. The number of para-hydroxylation sites is 2. The molecule has 0 aromatic heterocycles. The van der Waals surface area contributed by atoms with E-state index in [1.54, 1.807) is 24.3 Å². The van der Waals surface area contributed by atoms with Gasteiger partial charge in [-0.1, -0.05) is 37.3 Å². The molecule has 1 N–H and O–H groups in total. The van der Waals surface area contributed by atoms with Crippen LogP contribution in [0.5, 0.6) is 11.5 Å². The maximum Gasteiger partial charge on any atom is 0.342 e. The van der Waals surface area contributed by atoms with E-state index in [4.69, 9.17) is 14.2 Å². The second-order valence-electron chi connectivity index (χ2n) is 6.87. The third kappa shape index (κ3) is 6.95. The van der Waals surface area contributed by atoms with Gasteiger partial charge in [-0.25, -0.2) is 4.79 Å². The van der Waals surface area contributed by atoms with Crippen molar-refractivity contribution >= 4 is 11.9 Å². The number of ether oxygens (including phenoxy) is 3. The fraction of sp³-hybridized carbons (Fsp3) is 0.364. The summed E-state index contributed by atoms with van der Waals surface area (Å²) in [7, 11) is 0. The molecular formula is C22H27NO5. The molecule has 0 bridgehead atoms. The Bertz CT molecular complexity index is 774. The number of benzene rings is 2. The zero-order valence-corrected chi connectivity index (χ0v) is 16.6. The maximum absolute atomic E-state index is 12.3. The SMILES string of the molecule is CCC(C)(C)NC(=O)COC(=O)c1ccccc1OCCOc1ccccc1. The lowest BCUT2D eigenvalue weighted by Gasteiger charge is -2.24. The lowest BCUT2D eigenvalue weighted by molar-refractivity contribution is -0.125. The van der Waals surface area contributed by atoms with Crippen molar-refractivity contribution in [2.24, 2.45) is 0 Å². The summed E-state index contributed by atoms with van der Waals surface area (Å²) in [5.74, 6) is 0.192. The van der Waals surface area contributed by atoms with Crippen molar-refractivity contribution in [2.45, 2.75) is 32.7 Å². The molecule has 2 aromatic carbocycles. The number of hydrogen-bond acceptors (Lipinski definition) is 5. The molecule has 1 amide bonds. The van der Waals surface area contributed by atoms with Crippen LogP contribution < -0.4 is 14.8 Å². The number of carbonyl (C=O) groups is 2. The smallest absolute Gasteiger partial charge is 0.342 e. The molecule has 6 nitrogen and oxygen atoms in total. The van der Waals surface area contributed by atoms with Crippen LogP contribution in [0.1, 0.15) is 37.6 Å². The van der Waals surface area contributed by atoms with Crippen molar-refractivity contribution in [3.8, 4) is 11.5 Å². The second kappa shape index (κ2) is 10.3. The molecule has 0 saturated carbocycles. The first-order valence-electron chi connectivity index (χ1n) is 9.29. The molecule has 6 heteroatoms. The zero-order chi connectivity index (χ0) is 20.4. The molecule has 2 aromatic rings. The van der Waals surface area contributed by atoms with E-state index in [1.807, 2.05) is 51.1 Å². The average molecular weight is 385 g/mol. The van der Waals surface area contributed by atoms with Gasteiger partial charge >= 0.3 is 5.97 Å².